The second kappa shape index (κ2) is 7.07. The molecule has 0 fully saturated rings. The van der Waals surface area contributed by atoms with Crippen molar-refractivity contribution in [3.8, 4) is 23.1 Å². The van der Waals surface area contributed by atoms with Gasteiger partial charge in [-0.3, -0.25) is 0 Å². The van der Waals surface area contributed by atoms with Gasteiger partial charge in [-0.15, -0.1) is 0 Å². The summed E-state index contributed by atoms with van der Waals surface area (Å²) < 4.78 is 18.8. The predicted octanol–water partition coefficient (Wildman–Crippen LogP) is 4.79. The lowest BCUT2D eigenvalue weighted by atomic mass is 10.1. The Bertz CT molecular complexity index is 992. The Labute approximate surface area is 147 Å². The number of phenolic OH excluding ortho intramolecular Hbond substituents is 1. The first-order valence-corrected chi connectivity index (χ1v) is 7.54. The van der Waals surface area contributed by atoms with Crippen molar-refractivity contribution in [1.29, 1.82) is 5.26 Å². The quantitative estimate of drug-likeness (QED) is 0.657. The molecule has 25 heavy (non-hydrogen) atoms. The minimum absolute atomic E-state index is 0.165. The maximum Gasteiger partial charge on any atom is 0.179 e. The van der Waals surface area contributed by atoms with Crippen LogP contribution in [0.3, 0.4) is 0 Å². The fourth-order valence-electron chi connectivity index (χ4n) is 2.19. The summed E-state index contributed by atoms with van der Waals surface area (Å²) in [4.78, 5) is 0. The van der Waals surface area contributed by atoms with Crippen molar-refractivity contribution in [3.63, 3.8) is 0 Å². The second-order valence-corrected chi connectivity index (χ2v) is 5.41. The zero-order chi connectivity index (χ0) is 17.8. The number of rotatable bonds is 4. The summed E-state index contributed by atoms with van der Waals surface area (Å²) in [5, 5.41) is 25.6. The number of nitrogens with one attached hydrogen (secondary N) is 1. The number of hydrogen-bond donors (Lipinski definition) is 2. The molecule has 0 saturated carbocycles. The van der Waals surface area contributed by atoms with Crippen LogP contribution in [0.2, 0.25) is 5.02 Å². The molecule has 3 aromatic rings. The van der Waals surface area contributed by atoms with Gasteiger partial charge in [0.2, 0.25) is 0 Å². The van der Waals surface area contributed by atoms with E-state index in [0.717, 1.165) is 6.07 Å². The van der Waals surface area contributed by atoms with Crippen LogP contribution in [0.15, 0.2) is 53.2 Å². The summed E-state index contributed by atoms with van der Waals surface area (Å²) in [6, 6.07) is 12.7. The molecule has 0 saturated heterocycles. The van der Waals surface area contributed by atoms with E-state index >= 15 is 0 Å². The van der Waals surface area contributed by atoms with E-state index in [0.29, 0.717) is 16.3 Å². The molecule has 0 atom stereocenters. The lowest BCUT2D eigenvalue weighted by molar-refractivity contribution is 0.415. The van der Waals surface area contributed by atoms with Gasteiger partial charge in [0.1, 0.15) is 28.9 Å². The first-order chi connectivity index (χ1) is 12.1. The average molecular weight is 356 g/mol. The molecule has 0 radical (unpaired) electrons. The van der Waals surface area contributed by atoms with E-state index in [4.69, 9.17) is 16.1 Å². The fourth-order valence-corrected chi connectivity index (χ4v) is 2.42. The topological polar surface area (TPSA) is 82.1 Å². The molecule has 1 aromatic heterocycles. The predicted molar refractivity (Wildman–Crippen MR) is 92.4 cm³/mol. The highest BCUT2D eigenvalue weighted by atomic mass is 35.5. The minimum Gasteiger partial charge on any atom is -0.508 e. The van der Waals surface area contributed by atoms with Crippen LogP contribution in [-0.4, -0.2) is 10.3 Å². The molecule has 5 nitrogen and oxygen atoms in total. The second-order valence-electron chi connectivity index (χ2n) is 5.00. The summed E-state index contributed by atoms with van der Waals surface area (Å²) in [6.45, 7) is 0. The van der Waals surface area contributed by atoms with Crippen LogP contribution in [0.5, 0.6) is 5.75 Å². The molecular formula is C18H11ClFN3O2. The molecule has 0 bridgehead atoms. The fraction of sp³-hybridized carbons (Fsp3) is 0. The highest BCUT2D eigenvalue weighted by molar-refractivity contribution is 6.33. The number of aromatic nitrogens is 1. The van der Waals surface area contributed by atoms with Gasteiger partial charge in [-0.05, 0) is 18.2 Å². The summed E-state index contributed by atoms with van der Waals surface area (Å²) in [5.41, 5.74) is 1.31. The SMILES string of the molecule is N#Cc1c(-c2ccccc2Cl)noc1/C=C/Nc1ccc(O)cc1F. The molecule has 0 unspecified atom stereocenters. The van der Waals surface area contributed by atoms with Gasteiger partial charge >= 0.3 is 0 Å². The van der Waals surface area contributed by atoms with E-state index in [9.17, 15) is 14.8 Å². The monoisotopic (exact) mass is 355 g/mol. The van der Waals surface area contributed by atoms with Crippen LogP contribution in [0.4, 0.5) is 10.1 Å². The minimum atomic E-state index is -0.612. The summed E-state index contributed by atoms with van der Waals surface area (Å²) >= 11 is 6.13. The number of nitrogens with zero attached hydrogens (tertiary/aromatic N) is 2. The molecular weight excluding hydrogens is 345 g/mol. The van der Waals surface area contributed by atoms with Crippen molar-refractivity contribution in [2.45, 2.75) is 0 Å². The third-order valence-corrected chi connectivity index (χ3v) is 3.72. The Morgan fingerprint density at radius 1 is 1.28 bits per heavy atom. The van der Waals surface area contributed by atoms with E-state index in [1.165, 1.54) is 24.4 Å². The van der Waals surface area contributed by atoms with Gasteiger partial charge < -0.3 is 14.9 Å². The van der Waals surface area contributed by atoms with Crippen molar-refractivity contribution in [2.75, 3.05) is 5.32 Å². The van der Waals surface area contributed by atoms with Crippen LogP contribution in [0.1, 0.15) is 11.3 Å². The van der Waals surface area contributed by atoms with Crippen LogP contribution in [0.25, 0.3) is 17.3 Å². The van der Waals surface area contributed by atoms with Crippen LogP contribution >= 0.6 is 11.6 Å². The number of hydrogen-bond acceptors (Lipinski definition) is 5. The number of anilines is 1. The number of nitriles is 1. The Morgan fingerprint density at radius 3 is 2.80 bits per heavy atom. The summed E-state index contributed by atoms with van der Waals surface area (Å²) in [6.07, 6.45) is 2.87. The van der Waals surface area contributed by atoms with Crippen molar-refractivity contribution >= 4 is 23.4 Å². The number of halogens is 2. The highest BCUT2D eigenvalue weighted by Crippen LogP contribution is 2.31. The van der Waals surface area contributed by atoms with Crippen molar-refractivity contribution < 1.29 is 14.0 Å². The van der Waals surface area contributed by atoms with Gasteiger partial charge in [0.05, 0.1) is 10.7 Å². The van der Waals surface area contributed by atoms with E-state index < -0.39 is 5.82 Å². The van der Waals surface area contributed by atoms with Gasteiger partial charge in [0.15, 0.2) is 5.76 Å². The summed E-state index contributed by atoms with van der Waals surface area (Å²) in [5.74, 6) is -0.568. The number of aromatic hydroxyl groups is 1. The first-order valence-electron chi connectivity index (χ1n) is 7.16. The van der Waals surface area contributed by atoms with Crippen molar-refractivity contribution in [3.05, 3.63) is 70.8 Å². The lowest BCUT2D eigenvalue weighted by Crippen LogP contribution is -1.91. The number of phenols is 1. The standard InChI is InChI=1S/C18H11ClFN3O2/c19-14-4-2-1-3-12(14)18-13(10-21)17(25-23-18)7-8-22-16-6-5-11(24)9-15(16)20/h1-9,22,24H/b8-7+. The molecule has 3 rings (SSSR count). The molecule has 0 aliphatic rings. The molecule has 0 amide bonds. The molecule has 0 aliphatic carbocycles. The Balaban J connectivity index is 1.87. The molecule has 0 spiro atoms. The van der Waals surface area contributed by atoms with Crippen LogP contribution in [0, 0.1) is 17.1 Å². The summed E-state index contributed by atoms with van der Waals surface area (Å²) in [7, 11) is 0. The Hall–Kier alpha value is -3.30. The average Bonchev–Trinajstić information content (AvgIpc) is 3.00. The maximum absolute atomic E-state index is 13.6. The normalized spacial score (nSPS) is 10.8. The van der Waals surface area contributed by atoms with Gasteiger partial charge in [-0.2, -0.15) is 5.26 Å². The molecule has 0 aliphatic heterocycles. The Morgan fingerprint density at radius 2 is 2.08 bits per heavy atom. The van der Waals surface area contributed by atoms with E-state index in [1.54, 1.807) is 24.3 Å². The zero-order valence-electron chi connectivity index (χ0n) is 12.7. The zero-order valence-corrected chi connectivity index (χ0v) is 13.5. The maximum atomic E-state index is 13.6. The van der Waals surface area contributed by atoms with Crippen molar-refractivity contribution in [1.82, 2.24) is 5.16 Å². The molecule has 2 N–H and O–H groups in total. The van der Waals surface area contributed by atoms with E-state index in [2.05, 4.69) is 10.5 Å². The van der Waals surface area contributed by atoms with Gasteiger partial charge in [0, 0.05) is 23.9 Å². The largest absolute Gasteiger partial charge is 0.508 e. The van der Waals surface area contributed by atoms with Crippen molar-refractivity contribution in [2.24, 2.45) is 0 Å². The molecule has 7 heteroatoms. The molecule has 1 heterocycles. The highest BCUT2D eigenvalue weighted by Gasteiger charge is 2.17. The molecule has 2 aromatic carbocycles. The Kier molecular flexibility index (Phi) is 4.68. The third-order valence-electron chi connectivity index (χ3n) is 3.39. The first kappa shape index (κ1) is 16.6. The van der Waals surface area contributed by atoms with Gasteiger partial charge in [-0.25, -0.2) is 4.39 Å². The van der Waals surface area contributed by atoms with E-state index in [-0.39, 0.29) is 22.8 Å². The smallest absolute Gasteiger partial charge is 0.179 e. The third kappa shape index (κ3) is 3.47. The van der Waals surface area contributed by atoms with Crippen LogP contribution in [-0.2, 0) is 0 Å². The lowest BCUT2D eigenvalue weighted by Gasteiger charge is -2.02. The van der Waals surface area contributed by atoms with Gasteiger partial charge in [-0.1, -0.05) is 35.0 Å². The van der Waals surface area contributed by atoms with E-state index in [1.807, 2.05) is 6.07 Å². The van der Waals surface area contributed by atoms with Crippen LogP contribution < -0.4 is 5.32 Å². The van der Waals surface area contributed by atoms with Gasteiger partial charge in [0.25, 0.3) is 0 Å². The number of benzene rings is 2. The molecule has 124 valence electrons.